The molecule has 0 radical (unpaired) electrons. The van der Waals surface area contributed by atoms with Crippen LogP contribution in [0.1, 0.15) is 5.56 Å². The highest BCUT2D eigenvalue weighted by atomic mass is 16.6. The average Bonchev–Trinajstić information content (AvgIpc) is 3.10. The largest absolute Gasteiger partial charge is 0.447 e. The van der Waals surface area contributed by atoms with Crippen LogP contribution in [0, 0.1) is 6.92 Å². The lowest BCUT2D eigenvalue weighted by molar-refractivity contribution is 0.107. The number of imidazole rings is 1. The Labute approximate surface area is 165 Å². The van der Waals surface area contributed by atoms with Crippen LogP contribution in [0.4, 0.5) is 10.7 Å². The summed E-state index contributed by atoms with van der Waals surface area (Å²) >= 11 is 0. The highest BCUT2D eigenvalue weighted by molar-refractivity contribution is 5.98. The van der Waals surface area contributed by atoms with Crippen LogP contribution >= 0.6 is 0 Å². The molecule has 2 aromatic heterocycles. The third kappa shape index (κ3) is 3.67. The zero-order valence-electron chi connectivity index (χ0n) is 15.9. The van der Waals surface area contributed by atoms with Gasteiger partial charge in [0.15, 0.2) is 0 Å². The Kier molecular flexibility index (Phi) is 4.96. The van der Waals surface area contributed by atoms with Gasteiger partial charge in [-0.1, -0.05) is 18.2 Å². The van der Waals surface area contributed by atoms with E-state index in [4.69, 9.17) is 9.47 Å². The van der Waals surface area contributed by atoms with Crippen LogP contribution in [-0.2, 0) is 9.47 Å². The van der Waals surface area contributed by atoms with Gasteiger partial charge in [0.1, 0.15) is 6.61 Å². The van der Waals surface area contributed by atoms with E-state index < -0.39 is 6.09 Å². The first-order chi connectivity index (χ1) is 14.1. The summed E-state index contributed by atoms with van der Waals surface area (Å²) in [6.07, 6.45) is -0.620. The molecule has 29 heavy (non-hydrogen) atoms. The number of nitrogens with zero attached hydrogens (tertiary/aromatic N) is 2. The van der Waals surface area contributed by atoms with Crippen LogP contribution in [0.2, 0.25) is 0 Å². The molecular weight excluding hydrogens is 374 g/mol. The van der Waals surface area contributed by atoms with E-state index in [2.05, 4.69) is 25.5 Å². The summed E-state index contributed by atoms with van der Waals surface area (Å²) in [5.41, 5.74) is 3.58. The standard InChI is InChI=1S/C20H19N5O4/c1-11-4-3-5-13-16(11)17(24-25-18(13)26)12-6-7-14-15(10-12)22-19(21-14)23-20(27)29-9-8-28-2/h3-7,10H,8-9H2,1-2H3,(H,25,26)(H2,21,22,23,27). The lowest BCUT2D eigenvalue weighted by atomic mass is 10.0. The van der Waals surface area contributed by atoms with Crippen molar-refractivity contribution < 1.29 is 14.3 Å². The number of benzene rings is 2. The molecule has 9 nitrogen and oxygen atoms in total. The minimum absolute atomic E-state index is 0.150. The Bertz CT molecular complexity index is 1260. The van der Waals surface area contributed by atoms with Gasteiger partial charge in [-0.15, -0.1) is 0 Å². The fourth-order valence-electron chi connectivity index (χ4n) is 3.17. The summed E-state index contributed by atoms with van der Waals surface area (Å²) in [6.45, 7) is 2.41. The number of ether oxygens (including phenoxy) is 2. The van der Waals surface area contributed by atoms with Gasteiger partial charge in [-0.2, -0.15) is 5.10 Å². The van der Waals surface area contributed by atoms with Crippen LogP contribution in [-0.4, -0.2) is 46.6 Å². The van der Waals surface area contributed by atoms with Crippen molar-refractivity contribution in [3.63, 3.8) is 0 Å². The van der Waals surface area contributed by atoms with Crippen LogP contribution in [0.5, 0.6) is 0 Å². The van der Waals surface area contributed by atoms with E-state index >= 15 is 0 Å². The number of fused-ring (bicyclic) bond motifs is 2. The second kappa shape index (κ2) is 7.72. The first kappa shape index (κ1) is 18.6. The van der Waals surface area contributed by atoms with Gasteiger partial charge in [0.25, 0.3) is 5.56 Å². The van der Waals surface area contributed by atoms with Gasteiger partial charge in [0, 0.05) is 18.1 Å². The maximum atomic E-state index is 12.1. The summed E-state index contributed by atoms with van der Waals surface area (Å²) in [4.78, 5) is 31.3. The summed E-state index contributed by atoms with van der Waals surface area (Å²) in [7, 11) is 1.53. The van der Waals surface area contributed by atoms with E-state index in [1.54, 1.807) is 6.07 Å². The molecule has 2 heterocycles. The zero-order chi connectivity index (χ0) is 20.4. The first-order valence-corrected chi connectivity index (χ1v) is 8.97. The van der Waals surface area contributed by atoms with Gasteiger partial charge >= 0.3 is 6.09 Å². The Balaban J connectivity index is 1.69. The van der Waals surface area contributed by atoms with Crippen molar-refractivity contribution in [3.8, 4) is 11.3 Å². The lowest BCUT2D eigenvalue weighted by Gasteiger charge is -2.07. The second-order valence-electron chi connectivity index (χ2n) is 6.47. The summed E-state index contributed by atoms with van der Waals surface area (Å²) in [5.74, 6) is 0.273. The molecule has 0 atom stereocenters. The van der Waals surface area contributed by atoms with E-state index in [0.29, 0.717) is 23.2 Å². The molecule has 0 aliphatic heterocycles. The molecule has 0 bridgehead atoms. The van der Waals surface area contributed by atoms with Crippen LogP contribution in [0.3, 0.4) is 0 Å². The maximum absolute atomic E-state index is 12.1. The molecule has 4 rings (SSSR count). The summed E-state index contributed by atoms with van der Waals surface area (Å²) in [5, 5.41) is 10.7. The fourth-order valence-corrected chi connectivity index (χ4v) is 3.17. The second-order valence-corrected chi connectivity index (χ2v) is 6.47. The number of anilines is 1. The van der Waals surface area contributed by atoms with Crippen LogP contribution in [0.15, 0.2) is 41.2 Å². The number of methoxy groups -OCH3 is 1. The van der Waals surface area contributed by atoms with Crippen molar-refractivity contribution in [2.45, 2.75) is 6.92 Å². The molecule has 0 saturated heterocycles. The molecule has 0 aliphatic rings. The van der Waals surface area contributed by atoms with Gasteiger partial charge in [-0.3, -0.25) is 10.1 Å². The molecule has 1 amide bonds. The highest BCUT2D eigenvalue weighted by Gasteiger charge is 2.13. The SMILES string of the molecule is COCCOC(=O)Nc1nc2cc(-c3n[nH]c(=O)c4cccc(C)c34)ccc2[nH]1. The number of aryl methyl sites for hydroxylation is 1. The van der Waals surface area contributed by atoms with Crippen LogP contribution in [0.25, 0.3) is 33.1 Å². The monoisotopic (exact) mass is 393 g/mol. The normalized spacial score (nSPS) is 11.1. The van der Waals surface area contributed by atoms with Crippen molar-refractivity contribution in [1.29, 1.82) is 0 Å². The topological polar surface area (TPSA) is 122 Å². The predicted octanol–water partition coefficient (Wildman–Crippen LogP) is 2.97. The van der Waals surface area contributed by atoms with Gasteiger partial charge in [-0.25, -0.2) is 14.9 Å². The first-order valence-electron chi connectivity index (χ1n) is 8.97. The number of hydrogen-bond donors (Lipinski definition) is 3. The third-order valence-corrected chi connectivity index (χ3v) is 4.52. The Morgan fingerprint density at radius 1 is 1.21 bits per heavy atom. The van der Waals surface area contributed by atoms with E-state index in [1.165, 1.54) is 7.11 Å². The van der Waals surface area contributed by atoms with Crippen molar-refractivity contribution in [1.82, 2.24) is 20.2 Å². The zero-order valence-corrected chi connectivity index (χ0v) is 15.9. The quantitative estimate of drug-likeness (QED) is 0.448. The maximum Gasteiger partial charge on any atom is 0.414 e. The van der Waals surface area contributed by atoms with Gasteiger partial charge in [0.2, 0.25) is 5.95 Å². The lowest BCUT2D eigenvalue weighted by Crippen LogP contribution is -2.17. The molecule has 4 aromatic rings. The Morgan fingerprint density at radius 2 is 2.07 bits per heavy atom. The number of aromatic amines is 2. The fraction of sp³-hybridized carbons (Fsp3) is 0.200. The molecule has 0 aliphatic carbocycles. The molecule has 3 N–H and O–H groups in total. The molecular formula is C20H19N5O4. The van der Waals surface area contributed by atoms with Gasteiger partial charge in [-0.05, 0) is 30.7 Å². The van der Waals surface area contributed by atoms with Crippen molar-refractivity contribution in [2.24, 2.45) is 0 Å². The highest BCUT2D eigenvalue weighted by Crippen LogP contribution is 2.29. The van der Waals surface area contributed by atoms with Crippen LogP contribution < -0.4 is 10.9 Å². The number of aromatic nitrogens is 4. The number of carbonyl (C=O) groups excluding carboxylic acids is 1. The number of amides is 1. The summed E-state index contributed by atoms with van der Waals surface area (Å²) < 4.78 is 9.80. The van der Waals surface area contributed by atoms with Gasteiger partial charge in [0.05, 0.1) is 28.7 Å². The Hall–Kier alpha value is -3.72. The molecule has 0 fully saturated rings. The smallest absolute Gasteiger partial charge is 0.414 e. The Morgan fingerprint density at radius 3 is 2.90 bits per heavy atom. The van der Waals surface area contributed by atoms with E-state index in [1.807, 2.05) is 37.3 Å². The number of H-pyrrole nitrogens is 2. The molecule has 0 saturated carbocycles. The number of hydrogen-bond acceptors (Lipinski definition) is 6. The number of rotatable bonds is 5. The number of carbonyl (C=O) groups is 1. The van der Waals surface area contributed by atoms with E-state index in [-0.39, 0.29) is 18.1 Å². The minimum atomic E-state index is -0.620. The van der Waals surface area contributed by atoms with E-state index in [0.717, 1.165) is 22.0 Å². The number of nitrogens with one attached hydrogen (secondary N) is 3. The minimum Gasteiger partial charge on any atom is -0.447 e. The van der Waals surface area contributed by atoms with Crippen molar-refractivity contribution in [2.75, 3.05) is 25.6 Å². The third-order valence-electron chi connectivity index (χ3n) is 4.52. The average molecular weight is 393 g/mol. The van der Waals surface area contributed by atoms with Gasteiger partial charge < -0.3 is 14.5 Å². The van der Waals surface area contributed by atoms with Crippen molar-refractivity contribution >= 4 is 33.8 Å². The molecule has 0 spiro atoms. The summed E-state index contributed by atoms with van der Waals surface area (Å²) in [6, 6.07) is 11.1. The predicted molar refractivity (Wildman–Crippen MR) is 109 cm³/mol. The molecule has 0 unspecified atom stereocenters. The van der Waals surface area contributed by atoms with Crippen molar-refractivity contribution in [3.05, 3.63) is 52.3 Å². The molecule has 2 aromatic carbocycles. The molecule has 9 heteroatoms. The van der Waals surface area contributed by atoms with E-state index in [9.17, 15) is 9.59 Å². The molecule has 148 valence electrons.